The molecule has 0 heterocycles. The highest BCUT2D eigenvalue weighted by molar-refractivity contribution is 7.80. The molecule has 2 aromatic rings. The molecule has 0 aliphatic rings. The summed E-state index contributed by atoms with van der Waals surface area (Å²) < 4.78 is 0. The molecule has 0 aliphatic heterocycles. The van der Waals surface area contributed by atoms with E-state index in [2.05, 4.69) is 69.3 Å². The average molecular weight is 371 g/mol. The molecule has 0 amide bonds. The van der Waals surface area contributed by atoms with Gasteiger partial charge in [0.05, 0.1) is 8.07 Å². The summed E-state index contributed by atoms with van der Waals surface area (Å²) in [7, 11) is -1.51. The first-order valence-electron chi connectivity index (χ1n) is 10.0. The molecule has 2 rings (SSSR count). The summed E-state index contributed by atoms with van der Waals surface area (Å²) in [4.78, 5) is 1.16. The standard InChI is InChI=1S/C23H34SSi/c1-4-7-11-21-18-20(14-15-23(21)24)19-25(16-5-2,17-6-3)22-12-9-8-10-13-22/h8-10,12-15,18,24H,4-7,11,16-17,19H2,1-3H3. The highest BCUT2D eigenvalue weighted by atomic mass is 32.1. The molecule has 25 heavy (non-hydrogen) atoms. The van der Waals surface area contributed by atoms with E-state index in [-0.39, 0.29) is 0 Å². The highest BCUT2D eigenvalue weighted by Gasteiger charge is 2.33. The van der Waals surface area contributed by atoms with Crippen LogP contribution in [0.25, 0.3) is 0 Å². The first-order valence-corrected chi connectivity index (χ1v) is 13.1. The van der Waals surface area contributed by atoms with Crippen LogP contribution in [-0.2, 0) is 12.5 Å². The Balaban J connectivity index is 2.36. The van der Waals surface area contributed by atoms with E-state index in [1.807, 2.05) is 0 Å². The number of unbranched alkanes of at least 4 members (excludes halogenated alkanes) is 1. The van der Waals surface area contributed by atoms with Gasteiger partial charge in [0, 0.05) is 4.90 Å². The summed E-state index contributed by atoms with van der Waals surface area (Å²) >= 11 is 4.69. The van der Waals surface area contributed by atoms with Crippen LogP contribution in [0.15, 0.2) is 53.4 Å². The number of aryl methyl sites for hydroxylation is 1. The molecule has 0 saturated carbocycles. The van der Waals surface area contributed by atoms with Crippen molar-refractivity contribution in [3.63, 3.8) is 0 Å². The third-order valence-electron chi connectivity index (χ3n) is 5.33. The molecule has 0 N–H and O–H groups in total. The first kappa shape index (κ1) is 20.3. The Hall–Kier alpha value is -0.993. The van der Waals surface area contributed by atoms with E-state index in [1.54, 1.807) is 5.19 Å². The summed E-state index contributed by atoms with van der Waals surface area (Å²) in [6.07, 6.45) is 6.22. The van der Waals surface area contributed by atoms with Gasteiger partial charge in [0.1, 0.15) is 0 Å². The van der Waals surface area contributed by atoms with E-state index >= 15 is 0 Å². The fourth-order valence-corrected chi connectivity index (χ4v) is 9.60. The van der Waals surface area contributed by atoms with E-state index < -0.39 is 8.07 Å². The Morgan fingerprint density at radius 1 is 0.840 bits per heavy atom. The van der Waals surface area contributed by atoms with Crippen molar-refractivity contribution in [3.8, 4) is 0 Å². The molecule has 0 atom stereocenters. The van der Waals surface area contributed by atoms with Crippen LogP contribution in [0.3, 0.4) is 0 Å². The molecule has 0 fully saturated rings. The Kier molecular flexibility index (Phi) is 8.31. The predicted octanol–water partition coefficient (Wildman–Crippen LogP) is 6.58. The van der Waals surface area contributed by atoms with Crippen LogP contribution >= 0.6 is 12.6 Å². The molecule has 0 bridgehead atoms. The minimum absolute atomic E-state index is 1.16. The first-order chi connectivity index (χ1) is 12.1. The SMILES string of the molecule is CCCCc1cc(C[Si](CCC)(CCC)c2ccccc2)ccc1S. The molecular formula is C23H34SSi. The van der Waals surface area contributed by atoms with Gasteiger partial charge in [-0.05, 0) is 36.1 Å². The van der Waals surface area contributed by atoms with E-state index in [1.165, 1.54) is 54.9 Å². The van der Waals surface area contributed by atoms with Crippen molar-refractivity contribution in [2.24, 2.45) is 0 Å². The third-order valence-corrected chi connectivity index (χ3v) is 11.3. The van der Waals surface area contributed by atoms with Crippen molar-refractivity contribution in [2.75, 3.05) is 0 Å². The maximum Gasteiger partial charge on any atom is 0.0909 e. The molecule has 136 valence electrons. The summed E-state index contributed by atoms with van der Waals surface area (Å²) in [5.41, 5.74) is 2.97. The number of thiol groups is 1. The molecule has 0 nitrogen and oxygen atoms in total. The molecule has 0 saturated heterocycles. The molecule has 0 radical (unpaired) electrons. The van der Waals surface area contributed by atoms with Crippen molar-refractivity contribution in [2.45, 2.75) is 75.9 Å². The number of hydrogen-bond donors (Lipinski definition) is 1. The third kappa shape index (κ3) is 5.49. The van der Waals surface area contributed by atoms with Crippen molar-refractivity contribution in [3.05, 3.63) is 59.7 Å². The van der Waals surface area contributed by atoms with Crippen LogP contribution in [-0.4, -0.2) is 8.07 Å². The van der Waals surface area contributed by atoms with E-state index in [0.29, 0.717) is 0 Å². The summed E-state index contributed by atoms with van der Waals surface area (Å²) in [5.74, 6) is 0. The Labute approximate surface area is 161 Å². The second-order valence-corrected chi connectivity index (χ2v) is 12.4. The van der Waals surface area contributed by atoms with Gasteiger partial charge in [-0.2, -0.15) is 0 Å². The zero-order chi connectivity index (χ0) is 18.1. The van der Waals surface area contributed by atoms with Gasteiger partial charge in [0.2, 0.25) is 0 Å². The molecule has 0 spiro atoms. The summed E-state index contributed by atoms with van der Waals surface area (Å²) in [6, 6.07) is 22.4. The van der Waals surface area contributed by atoms with Gasteiger partial charge < -0.3 is 0 Å². The lowest BCUT2D eigenvalue weighted by atomic mass is 10.1. The van der Waals surface area contributed by atoms with E-state index in [9.17, 15) is 0 Å². The summed E-state index contributed by atoms with van der Waals surface area (Å²) in [6.45, 7) is 6.96. The lowest BCUT2D eigenvalue weighted by molar-refractivity contribution is 0.784. The van der Waals surface area contributed by atoms with Crippen LogP contribution in [0, 0.1) is 0 Å². The lowest BCUT2D eigenvalue weighted by Gasteiger charge is -2.32. The Bertz CT molecular complexity index is 630. The normalized spacial score (nSPS) is 11.7. The monoisotopic (exact) mass is 370 g/mol. The van der Waals surface area contributed by atoms with Gasteiger partial charge in [-0.1, -0.05) is 99.8 Å². The molecule has 2 heteroatoms. The summed E-state index contributed by atoms with van der Waals surface area (Å²) in [5, 5.41) is 1.64. The van der Waals surface area contributed by atoms with Gasteiger partial charge in [0.25, 0.3) is 0 Å². The minimum atomic E-state index is -1.51. The van der Waals surface area contributed by atoms with Crippen LogP contribution in [0.1, 0.15) is 57.6 Å². The van der Waals surface area contributed by atoms with E-state index in [4.69, 9.17) is 12.6 Å². The molecule has 0 aromatic heterocycles. The smallest absolute Gasteiger partial charge is 0.0909 e. The van der Waals surface area contributed by atoms with Crippen LogP contribution < -0.4 is 5.19 Å². The Morgan fingerprint density at radius 2 is 1.52 bits per heavy atom. The van der Waals surface area contributed by atoms with Crippen LogP contribution in [0.5, 0.6) is 0 Å². The maximum absolute atomic E-state index is 4.69. The second kappa shape index (κ2) is 10.2. The fraction of sp³-hybridized carbons (Fsp3) is 0.478. The van der Waals surface area contributed by atoms with Gasteiger partial charge in [-0.25, -0.2) is 0 Å². The Morgan fingerprint density at radius 3 is 2.12 bits per heavy atom. The molecular weight excluding hydrogens is 336 g/mol. The van der Waals surface area contributed by atoms with Crippen molar-refractivity contribution < 1.29 is 0 Å². The van der Waals surface area contributed by atoms with Gasteiger partial charge in [-0.3, -0.25) is 0 Å². The largest absolute Gasteiger partial charge is 0.143 e. The average Bonchev–Trinajstić information content (AvgIpc) is 2.63. The molecule has 0 aliphatic carbocycles. The van der Waals surface area contributed by atoms with Crippen molar-refractivity contribution in [1.29, 1.82) is 0 Å². The molecule has 0 unspecified atom stereocenters. The van der Waals surface area contributed by atoms with Crippen molar-refractivity contribution in [1.82, 2.24) is 0 Å². The lowest BCUT2D eigenvalue weighted by Crippen LogP contribution is -2.49. The van der Waals surface area contributed by atoms with Gasteiger partial charge in [-0.15, -0.1) is 12.6 Å². The highest BCUT2D eigenvalue weighted by Crippen LogP contribution is 2.27. The predicted molar refractivity (Wildman–Crippen MR) is 118 cm³/mol. The van der Waals surface area contributed by atoms with E-state index in [0.717, 1.165) is 11.3 Å². The maximum atomic E-state index is 4.69. The number of hydrogen-bond acceptors (Lipinski definition) is 1. The van der Waals surface area contributed by atoms with Gasteiger partial charge >= 0.3 is 0 Å². The van der Waals surface area contributed by atoms with Crippen LogP contribution in [0.4, 0.5) is 0 Å². The molecule has 2 aromatic carbocycles. The zero-order valence-electron chi connectivity index (χ0n) is 16.2. The zero-order valence-corrected chi connectivity index (χ0v) is 18.1. The quantitative estimate of drug-likeness (QED) is 0.354. The topological polar surface area (TPSA) is 0 Å². The number of benzene rings is 2. The minimum Gasteiger partial charge on any atom is -0.143 e. The van der Waals surface area contributed by atoms with Crippen LogP contribution in [0.2, 0.25) is 12.1 Å². The van der Waals surface area contributed by atoms with Gasteiger partial charge in [0.15, 0.2) is 0 Å². The second-order valence-electron chi connectivity index (χ2n) is 7.39. The fourth-order valence-electron chi connectivity index (χ4n) is 4.15. The number of rotatable bonds is 10. The van der Waals surface area contributed by atoms with Crippen molar-refractivity contribution >= 4 is 25.9 Å².